The van der Waals surface area contributed by atoms with Gasteiger partial charge in [0.15, 0.2) is 0 Å². The van der Waals surface area contributed by atoms with E-state index in [-0.39, 0.29) is 5.41 Å². The van der Waals surface area contributed by atoms with E-state index in [1.165, 1.54) is 0 Å². The molecule has 0 aliphatic heterocycles. The van der Waals surface area contributed by atoms with Crippen molar-refractivity contribution in [3.05, 3.63) is 0 Å². The second-order valence-electron chi connectivity index (χ2n) is 3.47. The van der Waals surface area contributed by atoms with Gasteiger partial charge in [-0.3, -0.25) is 0 Å². The van der Waals surface area contributed by atoms with Crippen LogP contribution in [0, 0.1) is 5.41 Å². The van der Waals surface area contributed by atoms with Gasteiger partial charge in [-0.1, -0.05) is 6.92 Å². The molecular weight excluding hydrogens is 131 g/mol. The lowest BCUT2D eigenvalue weighted by Gasteiger charge is -2.29. The second-order valence-corrected chi connectivity index (χ2v) is 3.47. The van der Waals surface area contributed by atoms with Crippen LogP contribution in [-0.2, 0) is 4.79 Å². The molecule has 1 nitrogen and oxygen atoms in total. The van der Waals surface area contributed by atoms with Crippen molar-refractivity contribution >= 4 is 6.29 Å². The van der Waals surface area contributed by atoms with Crippen molar-refractivity contribution in [1.82, 2.24) is 0 Å². The Balaban J connectivity index is 2.53. The summed E-state index contributed by atoms with van der Waals surface area (Å²) < 4.78 is 12.7. The minimum absolute atomic E-state index is 0.363. The summed E-state index contributed by atoms with van der Waals surface area (Å²) in [6.45, 7) is 1.84. The highest BCUT2D eigenvalue weighted by molar-refractivity contribution is 5.58. The molecule has 1 saturated carbocycles. The van der Waals surface area contributed by atoms with Gasteiger partial charge < -0.3 is 4.79 Å². The number of halogens is 1. The van der Waals surface area contributed by atoms with Crippen LogP contribution >= 0.6 is 0 Å². The maximum atomic E-state index is 12.7. The quantitative estimate of drug-likeness (QED) is 0.515. The molecule has 1 aliphatic rings. The van der Waals surface area contributed by atoms with Gasteiger partial charge in [-0.25, -0.2) is 4.39 Å². The van der Waals surface area contributed by atoms with Crippen molar-refractivity contribution in [2.75, 3.05) is 0 Å². The highest BCUT2D eigenvalue weighted by Gasteiger charge is 2.31. The van der Waals surface area contributed by atoms with Crippen LogP contribution in [0.5, 0.6) is 0 Å². The Bertz CT molecular complexity index is 135. The van der Waals surface area contributed by atoms with Crippen molar-refractivity contribution in [3.63, 3.8) is 0 Å². The first kappa shape index (κ1) is 7.70. The number of carbonyl (C=O) groups is 1. The van der Waals surface area contributed by atoms with Gasteiger partial charge in [0, 0.05) is 5.41 Å². The molecule has 1 fully saturated rings. The highest BCUT2D eigenvalue weighted by Crippen LogP contribution is 2.35. The third kappa shape index (κ3) is 1.55. The third-order valence-corrected chi connectivity index (χ3v) is 2.24. The van der Waals surface area contributed by atoms with E-state index in [1.807, 2.05) is 6.92 Å². The Morgan fingerprint density at radius 3 is 2.80 bits per heavy atom. The molecule has 0 spiro atoms. The fourth-order valence-electron chi connectivity index (χ4n) is 1.54. The van der Waals surface area contributed by atoms with Crippen molar-refractivity contribution in [3.8, 4) is 0 Å². The fraction of sp³-hybridized carbons (Fsp3) is 0.875. The minimum Gasteiger partial charge on any atom is -0.303 e. The van der Waals surface area contributed by atoms with Crippen LogP contribution < -0.4 is 0 Å². The first-order valence-electron chi connectivity index (χ1n) is 3.77. The molecule has 0 saturated heterocycles. The monoisotopic (exact) mass is 144 g/mol. The van der Waals surface area contributed by atoms with E-state index in [0.717, 1.165) is 19.1 Å². The molecule has 10 heavy (non-hydrogen) atoms. The van der Waals surface area contributed by atoms with Gasteiger partial charge in [0.2, 0.25) is 0 Å². The SMILES string of the molecule is C[C@]1(C=O)CCC[C@H](F)C1. The molecule has 0 radical (unpaired) electrons. The predicted octanol–water partition coefficient (Wildman–Crippen LogP) is 2.10. The Kier molecular flexibility index (Phi) is 2.07. The maximum Gasteiger partial charge on any atom is 0.125 e. The van der Waals surface area contributed by atoms with Crippen LogP contribution in [0.4, 0.5) is 4.39 Å². The van der Waals surface area contributed by atoms with Gasteiger partial charge in [-0.05, 0) is 25.7 Å². The van der Waals surface area contributed by atoms with E-state index >= 15 is 0 Å². The summed E-state index contributed by atoms with van der Waals surface area (Å²) in [5.74, 6) is 0. The molecule has 58 valence electrons. The first-order chi connectivity index (χ1) is 4.66. The zero-order valence-corrected chi connectivity index (χ0v) is 6.27. The highest BCUT2D eigenvalue weighted by atomic mass is 19.1. The molecule has 2 atom stereocenters. The minimum atomic E-state index is -0.746. The first-order valence-corrected chi connectivity index (χ1v) is 3.77. The van der Waals surface area contributed by atoms with E-state index in [2.05, 4.69) is 0 Å². The summed E-state index contributed by atoms with van der Waals surface area (Å²) in [4.78, 5) is 10.5. The van der Waals surface area contributed by atoms with Gasteiger partial charge >= 0.3 is 0 Å². The maximum absolute atomic E-state index is 12.7. The van der Waals surface area contributed by atoms with E-state index < -0.39 is 6.17 Å². The van der Waals surface area contributed by atoms with Crippen molar-refractivity contribution in [2.45, 2.75) is 38.8 Å². The normalized spacial score (nSPS) is 41.2. The molecule has 2 heteroatoms. The van der Waals surface area contributed by atoms with Crippen LogP contribution in [0.1, 0.15) is 32.6 Å². The summed E-state index contributed by atoms with van der Waals surface area (Å²) in [6.07, 6.45) is 2.94. The van der Waals surface area contributed by atoms with Gasteiger partial charge in [0.25, 0.3) is 0 Å². The summed E-state index contributed by atoms with van der Waals surface area (Å²) >= 11 is 0. The Morgan fingerprint density at radius 2 is 2.40 bits per heavy atom. The third-order valence-electron chi connectivity index (χ3n) is 2.24. The average Bonchev–Trinajstić information content (AvgIpc) is 1.88. The lowest BCUT2D eigenvalue weighted by Crippen LogP contribution is -2.27. The molecule has 0 unspecified atom stereocenters. The lowest BCUT2D eigenvalue weighted by atomic mass is 9.76. The molecule has 0 N–H and O–H groups in total. The number of carbonyl (C=O) groups excluding carboxylic acids is 1. The molecule has 1 rings (SSSR count). The van der Waals surface area contributed by atoms with Crippen molar-refractivity contribution in [2.24, 2.45) is 5.41 Å². The molecule has 1 aliphatic carbocycles. The molecule has 0 aromatic heterocycles. The molecule has 0 bridgehead atoms. The predicted molar refractivity (Wildman–Crippen MR) is 37.5 cm³/mol. The number of hydrogen-bond acceptors (Lipinski definition) is 1. The zero-order chi connectivity index (χ0) is 7.61. The Hall–Kier alpha value is -0.400. The second kappa shape index (κ2) is 2.69. The summed E-state index contributed by atoms with van der Waals surface area (Å²) in [6, 6.07) is 0. The number of aldehydes is 1. The smallest absolute Gasteiger partial charge is 0.125 e. The van der Waals surface area contributed by atoms with Crippen LogP contribution in [0.2, 0.25) is 0 Å². The zero-order valence-electron chi connectivity index (χ0n) is 6.27. The summed E-state index contributed by atoms with van der Waals surface area (Å²) in [7, 11) is 0. The van der Waals surface area contributed by atoms with Gasteiger partial charge in [0.1, 0.15) is 12.5 Å². The lowest BCUT2D eigenvalue weighted by molar-refractivity contribution is -0.118. The van der Waals surface area contributed by atoms with Crippen LogP contribution in [-0.4, -0.2) is 12.5 Å². The van der Waals surface area contributed by atoms with Crippen LogP contribution in [0.3, 0.4) is 0 Å². The molecule has 0 heterocycles. The van der Waals surface area contributed by atoms with E-state index in [9.17, 15) is 9.18 Å². The number of rotatable bonds is 1. The topological polar surface area (TPSA) is 17.1 Å². The standard InChI is InChI=1S/C8H13FO/c1-8(6-10)4-2-3-7(9)5-8/h6-7H,2-5H2,1H3/t7-,8-/m0/s1. The van der Waals surface area contributed by atoms with Crippen molar-refractivity contribution < 1.29 is 9.18 Å². The van der Waals surface area contributed by atoms with Crippen molar-refractivity contribution in [1.29, 1.82) is 0 Å². The van der Waals surface area contributed by atoms with Gasteiger partial charge in [-0.15, -0.1) is 0 Å². The molecular formula is C8H13FO. The molecule has 0 amide bonds. The summed E-state index contributed by atoms with van der Waals surface area (Å²) in [5.41, 5.74) is -0.363. The number of hydrogen-bond donors (Lipinski definition) is 0. The largest absolute Gasteiger partial charge is 0.303 e. The van der Waals surface area contributed by atoms with Gasteiger partial charge in [0.05, 0.1) is 0 Å². The Morgan fingerprint density at radius 1 is 1.70 bits per heavy atom. The average molecular weight is 144 g/mol. The molecule has 0 aromatic rings. The van der Waals surface area contributed by atoms with E-state index in [1.54, 1.807) is 0 Å². The van der Waals surface area contributed by atoms with Gasteiger partial charge in [-0.2, -0.15) is 0 Å². The van der Waals surface area contributed by atoms with E-state index in [0.29, 0.717) is 12.8 Å². The Labute approximate surface area is 60.6 Å². The van der Waals surface area contributed by atoms with Crippen LogP contribution in [0.25, 0.3) is 0 Å². The van der Waals surface area contributed by atoms with E-state index in [4.69, 9.17) is 0 Å². The van der Waals surface area contributed by atoms with Crippen LogP contribution in [0.15, 0.2) is 0 Å². The number of alkyl halides is 1. The molecule has 0 aromatic carbocycles. The summed E-state index contributed by atoms with van der Waals surface area (Å²) in [5, 5.41) is 0. The fourth-order valence-corrected chi connectivity index (χ4v) is 1.54.